The molecule has 1 aliphatic rings. The molecule has 1 aliphatic heterocycles. The molecular formula is C12H20N2O6. The lowest BCUT2D eigenvalue weighted by atomic mass is 9.94. The molecule has 1 saturated heterocycles. The highest BCUT2D eigenvalue weighted by atomic mass is 16.6. The first kappa shape index (κ1) is 16.1. The number of ether oxygens (including phenoxy) is 1. The predicted molar refractivity (Wildman–Crippen MR) is 68.5 cm³/mol. The summed E-state index contributed by atoms with van der Waals surface area (Å²) in [6.45, 7) is 5.10. The van der Waals surface area contributed by atoms with Gasteiger partial charge < -0.3 is 25.2 Å². The van der Waals surface area contributed by atoms with Crippen molar-refractivity contribution < 1.29 is 29.3 Å². The van der Waals surface area contributed by atoms with Crippen LogP contribution >= 0.6 is 0 Å². The van der Waals surface area contributed by atoms with Crippen molar-refractivity contribution in [3.8, 4) is 0 Å². The molecule has 2 unspecified atom stereocenters. The fourth-order valence-corrected chi connectivity index (χ4v) is 2.01. The molecule has 0 radical (unpaired) electrons. The number of hydrogen-bond donors (Lipinski definition) is 3. The smallest absolute Gasteiger partial charge is 0.407 e. The predicted octanol–water partition coefficient (Wildman–Crippen LogP) is 0.964. The van der Waals surface area contributed by atoms with Crippen molar-refractivity contribution in [3.05, 3.63) is 0 Å². The first-order chi connectivity index (χ1) is 9.08. The molecular weight excluding hydrogens is 268 g/mol. The molecule has 20 heavy (non-hydrogen) atoms. The first-order valence-corrected chi connectivity index (χ1v) is 6.28. The Bertz CT molecular complexity index is 381. The van der Waals surface area contributed by atoms with Gasteiger partial charge in [-0.2, -0.15) is 0 Å². The molecule has 1 fully saturated rings. The quantitative estimate of drug-likeness (QED) is 0.697. The highest BCUT2D eigenvalue weighted by Crippen LogP contribution is 2.18. The molecule has 1 heterocycles. The second-order valence-corrected chi connectivity index (χ2v) is 5.80. The number of carboxylic acid groups (broad SMARTS) is 2. The monoisotopic (exact) mass is 288 g/mol. The minimum absolute atomic E-state index is 0.0539. The molecule has 3 N–H and O–H groups in total. The van der Waals surface area contributed by atoms with E-state index in [2.05, 4.69) is 5.32 Å². The zero-order chi connectivity index (χ0) is 15.5. The van der Waals surface area contributed by atoms with Crippen LogP contribution in [0.5, 0.6) is 0 Å². The van der Waals surface area contributed by atoms with Crippen molar-refractivity contribution in [1.82, 2.24) is 10.2 Å². The van der Waals surface area contributed by atoms with Crippen molar-refractivity contribution in [1.29, 1.82) is 0 Å². The fourth-order valence-electron chi connectivity index (χ4n) is 2.01. The van der Waals surface area contributed by atoms with E-state index in [0.717, 1.165) is 4.90 Å². The third kappa shape index (κ3) is 4.94. The zero-order valence-corrected chi connectivity index (χ0v) is 11.8. The Morgan fingerprint density at radius 1 is 1.20 bits per heavy atom. The number of carbonyl (C=O) groups excluding carboxylic acids is 1. The molecule has 8 heteroatoms. The van der Waals surface area contributed by atoms with E-state index in [-0.39, 0.29) is 19.5 Å². The second-order valence-electron chi connectivity index (χ2n) is 5.80. The van der Waals surface area contributed by atoms with E-state index < -0.39 is 35.7 Å². The van der Waals surface area contributed by atoms with Gasteiger partial charge in [0.1, 0.15) is 5.60 Å². The highest BCUT2D eigenvalue weighted by Gasteiger charge is 2.35. The van der Waals surface area contributed by atoms with Crippen LogP contribution in [0.2, 0.25) is 0 Å². The second kappa shape index (κ2) is 5.98. The van der Waals surface area contributed by atoms with Gasteiger partial charge in [0.05, 0.1) is 12.0 Å². The van der Waals surface area contributed by atoms with Crippen LogP contribution < -0.4 is 5.32 Å². The minimum atomic E-state index is -1.20. The average Bonchev–Trinajstić information content (AvgIpc) is 2.25. The van der Waals surface area contributed by atoms with E-state index in [4.69, 9.17) is 14.9 Å². The Balaban J connectivity index is 2.66. The Morgan fingerprint density at radius 2 is 1.80 bits per heavy atom. The zero-order valence-electron chi connectivity index (χ0n) is 11.8. The number of likely N-dealkylation sites (tertiary alicyclic amines) is 1. The normalized spacial score (nSPS) is 23.1. The van der Waals surface area contributed by atoms with E-state index in [1.807, 2.05) is 0 Å². The average molecular weight is 288 g/mol. The Morgan fingerprint density at radius 3 is 2.25 bits per heavy atom. The number of rotatable bonds is 2. The van der Waals surface area contributed by atoms with E-state index in [0.29, 0.717) is 0 Å². The maximum atomic E-state index is 11.6. The summed E-state index contributed by atoms with van der Waals surface area (Å²) in [5.74, 6) is -1.91. The molecule has 0 saturated carbocycles. The van der Waals surface area contributed by atoms with E-state index in [9.17, 15) is 14.4 Å². The first-order valence-electron chi connectivity index (χ1n) is 6.28. The van der Waals surface area contributed by atoms with Crippen molar-refractivity contribution in [2.24, 2.45) is 5.92 Å². The molecule has 1 rings (SSSR count). The molecule has 114 valence electrons. The lowest BCUT2D eigenvalue weighted by Gasteiger charge is -2.35. The summed E-state index contributed by atoms with van der Waals surface area (Å²) in [7, 11) is 0. The summed E-state index contributed by atoms with van der Waals surface area (Å²) >= 11 is 0. The van der Waals surface area contributed by atoms with Crippen LogP contribution in [0.25, 0.3) is 0 Å². The van der Waals surface area contributed by atoms with Crippen LogP contribution in [-0.4, -0.2) is 58.0 Å². The molecule has 0 aromatic heterocycles. The van der Waals surface area contributed by atoms with Crippen LogP contribution in [-0.2, 0) is 9.53 Å². The van der Waals surface area contributed by atoms with Gasteiger partial charge in [-0.15, -0.1) is 0 Å². The van der Waals surface area contributed by atoms with Gasteiger partial charge in [0, 0.05) is 13.1 Å². The number of aliphatic carboxylic acids is 1. The van der Waals surface area contributed by atoms with Crippen molar-refractivity contribution in [2.45, 2.75) is 38.8 Å². The summed E-state index contributed by atoms with van der Waals surface area (Å²) in [5, 5.41) is 20.5. The highest BCUT2D eigenvalue weighted by molar-refractivity contribution is 5.73. The summed E-state index contributed by atoms with van der Waals surface area (Å²) in [6.07, 6.45) is -1.70. The van der Waals surface area contributed by atoms with E-state index in [1.165, 1.54) is 0 Å². The molecule has 2 atom stereocenters. The number of alkyl carbamates (subject to hydrolysis) is 1. The molecule has 0 aromatic carbocycles. The van der Waals surface area contributed by atoms with Crippen molar-refractivity contribution in [3.63, 3.8) is 0 Å². The molecule has 0 aromatic rings. The van der Waals surface area contributed by atoms with Gasteiger partial charge in [0.25, 0.3) is 0 Å². The number of hydrogen-bond acceptors (Lipinski definition) is 4. The van der Waals surface area contributed by atoms with Gasteiger partial charge in [0.15, 0.2) is 0 Å². The summed E-state index contributed by atoms with van der Waals surface area (Å²) in [5.41, 5.74) is -0.669. The van der Waals surface area contributed by atoms with Crippen molar-refractivity contribution >= 4 is 18.2 Å². The van der Waals surface area contributed by atoms with Gasteiger partial charge in [-0.25, -0.2) is 9.59 Å². The van der Waals surface area contributed by atoms with Crippen LogP contribution in [0.1, 0.15) is 27.2 Å². The SMILES string of the molecule is CC(C)(C)OC(=O)NC1CC(C(=O)O)CN(C(=O)O)C1. The van der Waals surface area contributed by atoms with E-state index in [1.54, 1.807) is 20.8 Å². The lowest BCUT2D eigenvalue weighted by Crippen LogP contribution is -2.54. The molecule has 0 spiro atoms. The third-order valence-corrected chi connectivity index (χ3v) is 2.79. The van der Waals surface area contributed by atoms with Crippen molar-refractivity contribution in [2.75, 3.05) is 13.1 Å². The Hall–Kier alpha value is -1.99. The third-order valence-electron chi connectivity index (χ3n) is 2.79. The Labute approximate surface area is 116 Å². The summed E-state index contributed by atoms with van der Waals surface area (Å²) in [6, 6.07) is -0.573. The Kier molecular flexibility index (Phi) is 4.80. The standard InChI is InChI=1S/C12H20N2O6/c1-12(2,3)20-10(17)13-8-4-7(9(15)16)5-14(6-8)11(18)19/h7-8H,4-6H2,1-3H3,(H,13,17)(H,15,16)(H,18,19). The lowest BCUT2D eigenvalue weighted by molar-refractivity contribution is -0.143. The van der Waals surface area contributed by atoms with E-state index >= 15 is 0 Å². The van der Waals surface area contributed by atoms with Gasteiger partial charge in [0.2, 0.25) is 0 Å². The molecule has 0 bridgehead atoms. The number of nitrogens with zero attached hydrogens (tertiary/aromatic N) is 1. The van der Waals surface area contributed by atoms with Gasteiger partial charge >= 0.3 is 18.2 Å². The number of piperidine rings is 1. The number of nitrogens with one attached hydrogen (secondary N) is 1. The number of amides is 2. The van der Waals surface area contributed by atoms with Crippen LogP contribution in [0, 0.1) is 5.92 Å². The van der Waals surface area contributed by atoms with Gasteiger partial charge in [-0.3, -0.25) is 4.79 Å². The fraction of sp³-hybridized carbons (Fsp3) is 0.750. The summed E-state index contributed by atoms with van der Waals surface area (Å²) in [4.78, 5) is 34.6. The number of carboxylic acids is 1. The maximum absolute atomic E-state index is 11.6. The van der Waals surface area contributed by atoms with Gasteiger partial charge in [-0.1, -0.05) is 0 Å². The topological polar surface area (TPSA) is 116 Å². The largest absolute Gasteiger partial charge is 0.481 e. The van der Waals surface area contributed by atoms with Crippen LogP contribution in [0.15, 0.2) is 0 Å². The molecule has 2 amide bonds. The van der Waals surface area contributed by atoms with Crippen LogP contribution in [0.4, 0.5) is 9.59 Å². The van der Waals surface area contributed by atoms with Crippen LogP contribution in [0.3, 0.4) is 0 Å². The van der Waals surface area contributed by atoms with Gasteiger partial charge in [-0.05, 0) is 27.2 Å². The molecule has 8 nitrogen and oxygen atoms in total. The summed E-state index contributed by atoms with van der Waals surface area (Å²) < 4.78 is 5.07. The molecule has 0 aliphatic carbocycles. The number of carbonyl (C=O) groups is 3. The maximum Gasteiger partial charge on any atom is 0.407 e. The minimum Gasteiger partial charge on any atom is -0.481 e.